The van der Waals surface area contributed by atoms with Crippen LogP contribution in [0.1, 0.15) is 17.0 Å². The highest BCUT2D eigenvalue weighted by molar-refractivity contribution is 5.78. The van der Waals surface area contributed by atoms with E-state index in [1.54, 1.807) is 12.1 Å². The van der Waals surface area contributed by atoms with E-state index in [4.69, 9.17) is 0 Å². The van der Waals surface area contributed by atoms with Gasteiger partial charge in [0, 0.05) is 0 Å². The molecule has 2 heterocycles. The average molecular weight is 303 g/mol. The van der Waals surface area contributed by atoms with Crippen LogP contribution in [-0.2, 0) is 35.6 Å². The fraction of sp³-hybridized carbons (Fsp3) is 0.286. The second-order valence-electron chi connectivity index (χ2n) is 5.00. The fourth-order valence-corrected chi connectivity index (χ4v) is 2.28. The van der Waals surface area contributed by atoms with Crippen molar-refractivity contribution < 1.29 is 14.0 Å². The van der Waals surface area contributed by atoms with Gasteiger partial charge in [0.15, 0.2) is 0 Å². The van der Waals surface area contributed by atoms with Gasteiger partial charge in [-0.2, -0.15) is 0 Å². The summed E-state index contributed by atoms with van der Waals surface area (Å²) < 4.78 is 14.6. The van der Waals surface area contributed by atoms with Crippen molar-refractivity contribution in [2.24, 2.45) is 0 Å². The molecule has 2 aromatic rings. The van der Waals surface area contributed by atoms with Gasteiger partial charge >= 0.3 is 0 Å². The highest BCUT2D eigenvalue weighted by Crippen LogP contribution is 2.09. The van der Waals surface area contributed by atoms with Crippen LogP contribution in [0.15, 0.2) is 24.3 Å². The zero-order valence-electron chi connectivity index (χ0n) is 11.7. The molecule has 0 fully saturated rings. The SMILES string of the molecule is O=C(Cc1cccc(F)c1)NCc1nnn2c1CNC(=O)C2. The second kappa shape index (κ2) is 5.92. The maximum absolute atomic E-state index is 13.1. The van der Waals surface area contributed by atoms with Gasteiger partial charge in [-0.15, -0.1) is 5.10 Å². The molecule has 0 saturated carbocycles. The number of benzene rings is 1. The Kier molecular flexibility index (Phi) is 3.82. The molecule has 0 spiro atoms. The largest absolute Gasteiger partial charge is 0.350 e. The Bertz CT molecular complexity index is 728. The Morgan fingerprint density at radius 1 is 1.45 bits per heavy atom. The van der Waals surface area contributed by atoms with E-state index in [1.807, 2.05) is 0 Å². The number of aromatic nitrogens is 3. The molecule has 0 aliphatic carbocycles. The van der Waals surface area contributed by atoms with E-state index in [2.05, 4.69) is 20.9 Å². The zero-order chi connectivity index (χ0) is 15.5. The molecule has 0 saturated heterocycles. The van der Waals surface area contributed by atoms with E-state index < -0.39 is 0 Å². The number of hydrogen-bond acceptors (Lipinski definition) is 4. The molecule has 0 bridgehead atoms. The number of halogens is 1. The van der Waals surface area contributed by atoms with Crippen LogP contribution in [0.3, 0.4) is 0 Å². The number of amides is 2. The van der Waals surface area contributed by atoms with Crippen molar-refractivity contribution in [3.8, 4) is 0 Å². The maximum Gasteiger partial charge on any atom is 0.242 e. The van der Waals surface area contributed by atoms with Gasteiger partial charge in [-0.3, -0.25) is 9.59 Å². The van der Waals surface area contributed by atoms with Gasteiger partial charge in [0.1, 0.15) is 18.1 Å². The topological polar surface area (TPSA) is 88.9 Å². The van der Waals surface area contributed by atoms with Crippen molar-refractivity contribution in [1.82, 2.24) is 25.6 Å². The van der Waals surface area contributed by atoms with Gasteiger partial charge < -0.3 is 10.6 Å². The van der Waals surface area contributed by atoms with Gasteiger partial charge in [-0.05, 0) is 17.7 Å². The van der Waals surface area contributed by atoms with Gasteiger partial charge in [-0.25, -0.2) is 9.07 Å². The summed E-state index contributed by atoms with van der Waals surface area (Å²) in [5, 5.41) is 13.3. The average Bonchev–Trinajstić information content (AvgIpc) is 2.87. The van der Waals surface area contributed by atoms with Crippen LogP contribution < -0.4 is 10.6 Å². The third-order valence-corrected chi connectivity index (χ3v) is 3.37. The van der Waals surface area contributed by atoms with Crippen LogP contribution in [0.2, 0.25) is 0 Å². The van der Waals surface area contributed by atoms with E-state index >= 15 is 0 Å². The van der Waals surface area contributed by atoms with Gasteiger partial charge in [0.25, 0.3) is 0 Å². The molecule has 0 unspecified atom stereocenters. The molecule has 1 aromatic heterocycles. The summed E-state index contributed by atoms with van der Waals surface area (Å²) >= 11 is 0. The fourth-order valence-electron chi connectivity index (χ4n) is 2.28. The van der Waals surface area contributed by atoms with E-state index in [-0.39, 0.29) is 37.1 Å². The summed E-state index contributed by atoms with van der Waals surface area (Å²) in [6.07, 6.45) is 0.0952. The van der Waals surface area contributed by atoms with Crippen LogP contribution in [-0.4, -0.2) is 26.8 Å². The lowest BCUT2D eigenvalue weighted by atomic mass is 10.1. The molecule has 2 N–H and O–H groups in total. The number of carbonyl (C=O) groups is 2. The van der Waals surface area contributed by atoms with Gasteiger partial charge in [0.2, 0.25) is 11.8 Å². The molecule has 8 heteroatoms. The summed E-state index contributed by atoms with van der Waals surface area (Å²) in [4.78, 5) is 23.1. The highest BCUT2D eigenvalue weighted by atomic mass is 19.1. The molecule has 3 rings (SSSR count). The first-order valence-corrected chi connectivity index (χ1v) is 6.81. The molecular weight excluding hydrogens is 289 g/mol. The lowest BCUT2D eigenvalue weighted by molar-refractivity contribution is -0.123. The predicted octanol–water partition coefficient (Wildman–Crippen LogP) is -0.0941. The lowest BCUT2D eigenvalue weighted by Crippen LogP contribution is -2.35. The van der Waals surface area contributed by atoms with Crippen molar-refractivity contribution >= 4 is 11.8 Å². The van der Waals surface area contributed by atoms with Crippen molar-refractivity contribution in [2.45, 2.75) is 26.1 Å². The Morgan fingerprint density at radius 2 is 2.32 bits per heavy atom. The van der Waals surface area contributed by atoms with E-state index in [1.165, 1.54) is 16.8 Å². The van der Waals surface area contributed by atoms with Crippen LogP contribution in [0, 0.1) is 5.82 Å². The van der Waals surface area contributed by atoms with Crippen molar-refractivity contribution in [2.75, 3.05) is 0 Å². The molecule has 2 amide bonds. The lowest BCUT2D eigenvalue weighted by Gasteiger charge is -2.14. The summed E-state index contributed by atoms with van der Waals surface area (Å²) in [6.45, 7) is 0.708. The monoisotopic (exact) mass is 303 g/mol. The van der Waals surface area contributed by atoms with Crippen molar-refractivity contribution in [3.05, 3.63) is 47.0 Å². The Balaban J connectivity index is 1.59. The molecule has 1 aliphatic rings. The Morgan fingerprint density at radius 3 is 3.14 bits per heavy atom. The number of carbonyl (C=O) groups excluding carboxylic acids is 2. The maximum atomic E-state index is 13.1. The first kappa shape index (κ1) is 14.2. The molecule has 0 atom stereocenters. The minimum atomic E-state index is -0.367. The number of fused-ring (bicyclic) bond motifs is 1. The zero-order valence-corrected chi connectivity index (χ0v) is 11.7. The molecule has 1 aromatic carbocycles. The standard InChI is InChI=1S/C14H14FN5O2/c15-10-3-1-2-9(4-10)5-13(21)16-6-11-12-7-17-14(22)8-20(12)19-18-11/h1-4H,5-8H2,(H,16,21)(H,17,22). The van der Waals surface area contributed by atoms with Crippen molar-refractivity contribution in [3.63, 3.8) is 0 Å². The van der Waals surface area contributed by atoms with E-state index in [0.29, 0.717) is 17.8 Å². The van der Waals surface area contributed by atoms with Crippen LogP contribution in [0.25, 0.3) is 0 Å². The predicted molar refractivity (Wildman–Crippen MR) is 73.8 cm³/mol. The first-order chi connectivity index (χ1) is 10.6. The third-order valence-electron chi connectivity index (χ3n) is 3.37. The summed E-state index contributed by atoms with van der Waals surface area (Å²) in [7, 11) is 0. The molecular formula is C14H14FN5O2. The number of nitrogens with one attached hydrogen (secondary N) is 2. The molecule has 22 heavy (non-hydrogen) atoms. The number of nitrogens with zero attached hydrogens (tertiary/aromatic N) is 3. The van der Waals surface area contributed by atoms with Gasteiger partial charge in [0.05, 0.1) is 25.2 Å². The third kappa shape index (κ3) is 3.11. The Labute approximate surface area is 125 Å². The highest BCUT2D eigenvalue weighted by Gasteiger charge is 2.20. The van der Waals surface area contributed by atoms with Crippen LogP contribution in [0.4, 0.5) is 4.39 Å². The molecule has 1 aliphatic heterocycles. The first-order valence-electron chi connectivity index (χ1n) is 6.81. The Hall–Kier alpha value is -2.77. The second-order valence-corrected chi connectivity index (χ2v) is 5.00. The molecule has 114 valence electrons. The molecule has 0 radical (unpaired) electrons. The van der Waals surface area contributed by atoms with Crippen molar-refractivity contribution in [1.29, 1.82) is 0 Å². The van der Waals surface area contributed by atoms with Gasteiger partial charge in [-0.1, -0.05) is 17.3 Å². The quantitative estimate of drug-likeness (QED) is 0.826. The number of hydrogen-bond donors (Lipinski definition) is 2. The van der Waals surface area contributed by atoms with Crippen LogP contribution in [0.5, 0.6) is 0 Å². The number of rotatable bonds is 4. The smallest absolute Gasteiger partial charge is 0.242 e. The van der Waals surface area contributed by atoms with E-state index in [0.717, 1.165) is 5.69 Å². The molecule has 7 nitrogen and oxygen atoms in total. The minimum Gasteiger partial charge on any atom is -0.350 e. The summed E-state index contributed by atoms with van der Waals surface area (Å²) in [5.74, 6) is -0.709. The summed E-state index contributed by atoms with van der Waals surface area (Å²) in [6, 6.07) is 5.92. The van der Waals surface area contributed by atoms with E-state index in [9.17, 15) is 14.0 Å². The minimum absolute atomic E-state index is 0.0952. The summed E-state index contributed by atoms with van der Waals surface area (Å²) in [5.41, 5.74) is 2.01. The normalized spacial score (nSPS) is 13.4. The van der Waals surface area contributed by atoms with Crippen LogP contribution >= 0.6 is 0 Å².